The summed E-state index contributed by atoms with van der Waals surface area (Å²) in [6, 6.07) is 0.705. The van der Waals surface area contributed by atoms with Crippen LogP contribution in [0.5, 0.6) is 0 Å². The molecule has 0 saturated heterocycles. The molecule has 0 spiro atoms. The van der Waals surface area contributed by atoms with E-state index in [0.717, 1.165) is 12.3 Å². The molecule has 80 valence electrons. The molecule has 1 N–H and O–H groups in total. The van der Waals surface area contributed by atoms with E-state index in [9.17, 15) is 0 Å². The lowest BCUT2D eigenvalue weighted by Crippen LogP contribution is -2.34. The van der Waals surface area contributed by atoms with E-state index < -0.39 is 0 Å². The Balaban J connectivity index is 2.30. The van der Waals surface area contributed by atoms with Crippen molar-refractivity contribution in [2.45, 2.75) is 57.9 Å². The van der Waals surface area contributed by atoms with Gasteiger partial charge in [-0.05, 0) is 39.2 Å². The Labute approximate surface area is 88.7 Å². The fraction of sp³-hybridized carbons (Fsp3) is 0.846. The fourth-order valence-electron chi connectivity index (χ4n) is 2.50. The molecule has 0 aromatic heterocycles. The molecule has 0 aromatic rings. The minimum absolute atomic E-state index is 0.705. The van der Waals surface area contributed by atoms with E-state index in [0.29, 0.717) is 6.04 Å². The van der Waals surface area contributed by atoms with E-state index in [1.807, 2.05) is 6.92 Å². The van der Waals surface area contributed by atoms with E-state index in [1.54, 1.807) is 0 Å². The zero-order chi connectivity index (χ0) is 10.2. The standard InChI is InChI=1S/C13H23N/c1-3-4-6-11-13(14-2)12-9-7-5-8-10-12/h12-14H,5-11H2,1-2H3. The topological polar surface area (TPSA) is 12.0 Å². The van der Waals surface area contributed by atoms with Crippen molar-refractivity contribution < 1.29 is 0 Å². The van der Waals surface area contributed by atoms with Gasteiger partial charge in [0.2, 0.25) is 0 Å². The van der Waals surface area contributed by atoms with Gasteiger partial charge in [-0.2, -0.15) is 0 Å². The van der Waals surface area contributed by atoms with Crippen molar-refractivity contribution in [1.29, 1.82) is 0 Å². The summed E-state index contributed by atoms with van der Waals surface area (Å²) in [5.74, 6) is 7.04. The lowest BCUT2D eigenvalue weighted by atomic mass is 9.82. The Kier molecular flexibility index (Phi) is 5.71. The van der Waals surface area contributed by atoms with E-state index >= 15 is 0 Å². The molecule has 0 heterocycles. The second-order valence-corrected chi connectivity index (χ2v) is 4.26. The van der Waals surface area contributed by atoms with Gasteiger partial charge in [0.05, 0.1) is 0 Å². The maximum Gasteiger partial charge on any atom is 0.0103 e. The van der Waals surface area contributed by atoms with Gasteiger partial charge in [-0.3, -0.25) is 0 Å². The van der Waals surface area contributed by atoms with Crippen LogP contribution in [0.3, 0.4) is 0 Å². The SMILES string of the molecule is CC#CCCC(NC)C1CCCCC1. The first kappa shape index (κ1) is 11.6. The molecule has 0 amide bonds. The lowest BCUT2D eigenvalue weighted by molar-refractivity contribution is 0.269. The van der Waals surface area contributed by atoms with Crippen molar-refractivity contribution in [3.8, 4) is 11.8 Å². The molecule has 1 saturated carbocycles. The van der Waals surface area contributed by atoms with Gasteiger partial charge in [-0.25, -0.2) is 0 Å². The molecule has 1 atom stereocenters. The minimum Gasteiger partial charge on any atom is -0.317 e. The van der Waals surface area contributed by atoms with Crippen LogP contribution in [0.15, 0.2) is 0 Å². The number of hydrogen-bond donors (Lipinski definition) is 1. The van der Waals surface area contributed by atoms with Gasteiger partial charge < -0.3 is 5.32 Å². The minimum atomic E-state index is 0.705. The molecule has 14 heavy (non-hydrogen) atoms. The van der Waals surface area contributed by atoms with Gasteiger partial charge >= 0.3 is 0 Å². The molecule has 0 bridgehead atoms. The molecule has 1 aliphatic rings. The van der Waals surface area contributed by atoms with E-state index in [4.69, 9.17) is 0 Å². The van der Waals surface area contributed by atoms with Crippen LogP contribution in [0.2, 0.25) is 0 Å². The highest BCUT2D eigenvalue weighted by Gasteiger charge is 2.21. The van der Waals surface area contributed by atoms with Crippen molar-refractivity contribution in [1.82, 2.24) is 5.32 Å². The molecule has 1 nitrogen and oxygen atoms in total. The highest BCUT2D eigenvalue weighted by molar-refractivity contribution is 4.96. The van der Waals surface area contributed by atoms with Crippen LogP contribution in [0.4, 0.5) is 0 Å². The van der Waals surface area contributed by atoms with E-state index in [1.165, 1.54) is 38.5 Å². The highest BCUT2D eigenvalue weighted by atomic mass is 14.9. The van der Waals surface area contributed by atoms with Gasteiger partial charge in [-0.1, -0.05) is 19.3 Å². The molecule has 1 fully saturated rings. The molecule has 1 heteroatoms. The summed E-state index contributed by atoms with van der Waals surface area (Å²) in [5, 5.41) is 3.46. The van der Waals surface area contributed by atoms with E-state index in [-0.39, 0.29) is 0 Å². The molecule has 0 aromatic carbocycles. The first-order valence-corrected chi connectivity index (χ1v) is 5.95. The molecule has 1 unspecified atom stereocenters. The van der Waals surface area contributed by atoms with Crippen molar-refractivity contribution in [3.63, 3.8) is 0 Å². The normalized spacial score (nSPS) is 19.9. The molecular weight excluding hydrogens is 170 g/mol. The molecule has 0 aliphatic heterocycles. The monoisotopic (exact) mass is 193 g/mol. The van der Waals surface area contributed by atoms with Crippen molar-refractivity contribution in [3.05, 3.63) is 0 Å². The van der Waals surface area contributed by atoms with E-state index in [2.05, 4.69) is 24.2 Å². The summed E-state index contributed by atoms with van der Waals surface area (Å²) < 4.78 is 0. The second kappa shape index (κ2) is 6.90. The molecular formula is C13H23N. The smallest absolute Gasteiger partial charge is 0.0103 e. The Hall–Kier alpha value is -0.480. The second-order valence-electron chi connectivity index (χ2n) is 4.26. The van der Waals surface area contributed by atoms with Crippen molar-refractivity contribution in [2.75, 3.05) is 7.05 Å². The summed E-state index contributed by atoms with van der Waals surface area (Å²) in [6.45, 7) is 1.93. The zero-order valence-corrected chi connectivity index (χ0v) is 9.60. The van der Waals surface area contributed by atoms with Crippen LogP contribution in [-0.4, -0.2) is 13.1 Å². The van der Waals surface area contributed by atoms with Gasteiger partial charge in [0, 0.05) is 12.5 Å². The largest absolute Gasteiger partial charge is 0.317 e. The quantitative estimate of drug-likeness (QED) is 0.677. The summed E-state index contributed by atoms with van der Waals surface area (Å²) in [5.41, 5.74) is 0. The average Bonchev–Trinajstić information content (AvgIpc) is 2.26. The van der Waals surface area contributed by atoms with Crippen LogP contribution >= 0.6 is 0 Å². The Morgan fingerprint density at radius 1 is 1.29 bits per heavy atom. The number of nitrogens with one attached hydrogen (secondary N) is 1. The van der Waals surface area contributed by atoms with Gasteiger partial charge in [-0.15, -0.1) is 11.8 Å². The Morgan fingerprint density at radius 3 is 2.57 bits per heavy atom. The Morgan fingerprint density at radius 2 is 2.00 bits per heavy atom. The third-order valence-corrected chi connectivity index (χ3v) is 3.35. The third kappa shape index (κ3) is 3.72. The van der Waals surface area contributed by atoms with Crippen LogP contribution in [0.1, 0.15) is 51.9 Å². The lowest BCUT2D eigenvalue weighted by Gasteiger charge is -2.29. The third-order valence-electron chi connectivity index (χ3n) is 3.35. The predicted octanol–water partition coefficient (Wildman–Crippen LogP) is 2.96. The number of rotatable bonds is 4. The maximum absolute atomic E-state index is 3.46. The van der Waals surface area contributed by atoms with Gasteiger partial charge in [0.15, 0.2) is 0 Å². The Bertz CT molecular complexity index is 193. The van der Waals surface area contributed by atoms with Gasteiger partial charge in [0.25, 0.3) is 0 Å². The predicted molar refractivity (Wildman–Crippen MR) is 62.1 cm³/mol. The zero-order valence-electron chi connectivity index (χ0n) is 9.60. The summed E-state index contributed by atoms with van der Waals surface area (Å²) >= 11 is 0. The summed E-state index contributed by atoms with van der Waals surface area (Å²) in [4.78, 5) is 0. The maximum atomic E-state index is 3.46. The van der Waals surface area contributed by atoms with Crippen molar-refractivity contribution in [2.24, 2.45) is 5.92 Å². The van der Waals surface area contributed by atoms with Crippen LogP contribution < -0.4 is 5.32 Å². The molecule has 0 radical (unpaired) electrons. The molecule has 1 rings (SSSR count). The van der Waals surface area contributed by atoms with Crippen LogP contribution in [0, 0.1) is 17.8 Å². The first-order valence-electron chi connectivity index (χ1n) is 5.95. The first-order chi connectivity index (χ1) is 6.88. The number of hydrogen-bond acceptors (Lipinski definition) is 1. The van der Waals surface area contributed by atoms with Gasteiger partial charge in [0.1, 0.15) is 0 Å². The average molecular weight is 193 g/mol. The van der Waals surface area contributed by atoms with Crippen molar-refractivity contribution >= 4 is 0 Å². The molecule has 1 aliphatic carbocycles. The summed E-state index contributed by atoms with van der Waals surface area (Å²) in [7, 11) is 2.10. The fourth-order valence-corrected chi connectivity index (χ4v) is 2.50. The van der Waals surface area contributed by atoms with Crippen LogP contribution in [0.25, 0.3) is 0 Å². The van der Waals surface area contributed by atoms with Crippen LogP contribution in [-0.2, 0) is 0 Å². The highest BCUT2D eigenvalue weighted by Crippen LogP contribution is 2.27. The summed E-state index contributed by atoms with van der Waals surface area (Å²) in [6.07, 6.45) is 9.43.